The van der Waals surface area contributed by atoms with E-state index in [9.17, 15) is 0 Å². The standard InChI is InChI=1S/C17H24N4/c1-3-4-5-14-11-17-19-9-8-16(21(17)20-14)13-7-6-12(2)15(18)10-13/h6-7,10-11,16,19H,3-5,8-9,18H2,1-2H3. The third-order valence-corrected chi connectivity index (χ3v) is 4.28. The molecule has 1 atom stereocenters. The molecule has 112 valence electrons. The van der Waals surface area contributed by atoms with Gasteiger partial charge in [0.1, 0.15) is 5.82 Å². The average Bonchev–Trinajstić information content (AvgIpc) is 2.90. The summed E-state index contributed by atoms with van der Waals surface area (Å²) in [6.45, 7) is 5.24. The molecule has 0 radical (unpaired) electrons. The van der Waals surface area contributed by atoms with Crippen molar-refractivity contribution in [1.82, 2.24) is 9.78 Å². The summed E-state index contributed by atoms with van der Waals surface area (Å²) in [5, 5.41) is 8.27. The molecule has 0 amide bonds. The van der Waals surface area contributed by atoms with Gasteiger partial charge in [-0.1, -0.05) is 25.5 Å². The van der Waals surface area contributed by atoms with Crippen LogP contribution in [0.2, 0.25) is 0 Å². The van der Waals surface area contributed by atoms with E-state index in [1.807, 2.05) is 6.92 Å². The number of benzene rings is 1. The van der Waals surface area contributed by atoms with Gasteiger partial charge in [-0.15, -0.1) is 0 Å². The molecule has 3 N–H and O–H groups in total. The quantitative estimate of drug-likeness (QED) is 0.845. The van der Waals surface area contributed by atoms with E-state index in [2.05, 4.69) is 41.2 Å². The SMILES string of the molecule is CCCCc1cc2n(n1)C(c1ccc(C)c(N)c1)CCN2. The first-order valence-electron chi connectivity index (χ1n) is 7.87. The van der Waals surface area contributed by atoms with Gasteiger partial charge in [0.15, 0.2) is 0 Å². The van der Waals surface area contributed by atoms with Crippen molar-refractivity contribution in [3.63, 3.8) is 0 Å². The lowest BCUT2D eigenvalue weighted by Crippen LogP contribution is -2.24. The normalized spacial score (nSPS) is 17.3. The molecule has 0 aliphatic carbocycles. The lowest BCUT2D eigenvalue weighted by molar-refractivity contribution is 0.477. The molecule has 1 aliphatic heterocycles. The minimum Gasteiger partial charge on any atom is -0.399 e. The van der Waals surface area contributed by atoms with Gasteiger partial charge in [0.05, 0.1) is 11.7 Å². The molecule has 21 heavy (non-hydrogen) atoms. The van der Waals surface area contributed by atoms with Crippen LogP contribution in [0.1, 0.15) is 49.0 Å². The first kappa shape index (κ1) is 14.0. The van der Waals surface area contributed by atoms with Crippen LogP contribution in [-0.4, -0.2) is 16.3 Å². The summed E-state index contributed by atoms with van der Waals surface area (Å²) < 4.78 is 2.14. The van der Waals surface area contributed by atoms with Gasteiger partial charge < -0.3 is 11.1 Å². The fourth-order valence-electron chi connectivity index (χ4n) is 2.93. The van der Waals surface area contributed by atoms with Gasteiger partial charge in [-0.05, 0) is 43.4 Å². The number of unbranched alkanes of at least 4 members (excludes halogenated alkanes) is 1. The predicted octanol–water partition coefficient (Wildman–Crippen LogP) is 3.52. The highest BCUT2D eigenvalue weighted by Gasteiger charge is 2.23. The van der Waals surface area contributed by atoms with Crippen LogP contribution >= 0.6 is 0 Å². The third kappa shape index (κ3) is 2.75. The predicted molar refractivity (Wildman–Crippen MR) is 87.7 cm³/mol. The Hall–Kier alpha value is -1.97. The van der Waals surface area contributed by atoms with E-state index in [0.717, 1.165) is 36.5 Å². The number of aromatic nitrogens is 2. The Balaban J connectivity index is 1.92. The summed E-state index contributed by atoms with van der Waals surface area (Å²) in [7, 11) is 0. The summed E-state index contributed by atoms with van der Waals surface area (Å²) in [6, 6.07) is 8.87. The van der Waals surface area contributed by atoms with Crippen molar-refractivity contribution in [3.8, 4) is 0 Å². The summed E-state index contributed by atoms with van der Waals surface area (Å²) in [5.74, 6) is 1.14. The lowest BCUT2D eigenvalue weighted by Gasteiger charge is -2.26. The zero-order valence-electron chi connectivity index (χ0n) is 12.9. The first-order valence-corrected chi connectivity index (χ1v) is 7.87. The van der Waals surface area contributed by atoms with E-state index in [1.165, 1.54) is 24.1 Å². The van der Waals surface area contributed by atoms with Crippen molar-refractivity contribution >= 4 is 11.5 Å². The van der Waals surface area contributed by atoms with Gasteiger partial charge in [-0.2, -0.15) is 5.10 Å². The number of hydrogen-bond acceptors (Lipinski definition) is 3. The van der Waals surface area contributed by atoms with E-state index in [0.29, 0.717) is 6.04 Å². The fourth-order valence-corrected chi connectivity index (χ4v) is 2.93. The van der Waals surface area contributed by atoms with Crippen LogP contribution < -0.4 is 11.1 Å². The van der Waals surface area contributed by atoms with Crippen molar-refractivity contribution in [2.45, 2.75) is 45.6 Å². The molecule has 0 spiro atoms. The Bertz CT molecular complexity index is 630. The smallest absolute Gasteiger partial charge is 0.125 e. The molecule has 2 aromatic rings. The number of fused-ring (bicyclic) bond motifs is 1. The minimum absolute atomic E-state index is 0.291. The van der Waals surface area contributed by atoms with E-state index < -0.39 is 0 Å². The molecular weight excluding hydrogens is 260 g/mol. The van der Waals surface area contributed by atoms with Crippen molar-refractivity contribution in [3.05, 3.63) is 41.1 Å². The van der Waals surface area contributed by atoms with Crippen molar-refractivity contribution < 1.29 is 0 Å². The molecule has 0 saturated heterocycles. The second-order valence-corrected chi connectivity index (χ2v) is 5.92. The van der Waals surface area contributed by atoms with E-state index >= 15 is 0 Å². The van der Waals surface area contributed by atoms with Crippen LogP contribution in [0.15, 0.2) is 24.3 Å². The number of anilines is 2. The zero-order valence-corrected chi connectivity index (χ0v) is 12.9. The van der Waals surface area contributed by atoms with Gasteiger partial charge in [-0.25, -0.2) is 4.68 Å². The van der Waals surface area contributed by atoms with Crippen LogP contribution in [0.3, 0.4) is 0 Å². The molecule has 4 heteroatoms. The Labute approximate surface area is 126 Å². The molecule has 1 aromatic heterocycles. The van der Waals surface area contributed by atoms with E-state index in [1.54, 1.807) is 0 Å². The number of nitrogen functional groups attached to an aromatic ring is 1. The Morgan fingerprint density at radius 2 is 2.24 bits per heavy atom. The van der Waals surface area contributed by atoms with E-state index in [-0.39, 0.29) is 0 Å². The van der Waals surface area contributed by atoms with Gasteiger partial charge in [-0.3, -0.25) is 0 Å². The number of nitrogens with one attached hydrogen (secondary N) is 1. The highest BCUT2D eigenvalue weighted by atomic mass is 15.4. The molecule has 4 nitrogen and oxygen atoms in total. The van der Waals surface area contributed by atoms with Gasteiger partial charge in [0.2, 0.25) is 0 Å². The Kier molecular flexibility index (Phi) is 3.86. The average molecular weight is 284 g/mol. The maximum absolute atomic E-state index is 6.07. The third-order valence-electron chi connectivity index (χ3n) is 4.28. The fraction of sp³-hybridized carbons (Fsp3) is 0.471. The summed E-state index contributed by atoms with van der Waals surface area (Å²) in [5.41, 5.74) is 10.5. The van der Waals surface area contributed by atoms with Gasteiger partial charge >= 0.3 is 0 Å². The molecule has 0 fully saturated rings. The molecular formula is C17H24N4. The second-order valence-electron chi connectivity index (χ2n) is 5.92. The topological polar surface area (TPSA) is 55.9 Å². The monoisotopic (exact) mass is 284 g/mol. The van der Waals surface area contributed by atoms with Crippen LogP contribution in [0, 0.1) is 6.92 Å². The molecule has 0 bridgehead atoms. The maximum Gasteiger partial charge on any atom is 0.125 e. The summed E-state index contributed by atoms with van der Waals surface area (Å²) >= 11 is 0. The second kappa shape index (κ2) is 5.80. The lowest BCUT2D eigenvalue weighted by atomic mass is 10.00. The number of aryl methyl sites for hydroxylation is 2. The van der Waals surface area contributed by atoms with Crippen LogP contribution in [0.4, 0.5) is 11.5 Å². The number of nitrogens with two attached hydrogens (primary N) is 1. The largest absolute Gasteiger partial charge is 0.399 e. The van der Waals surface area contributed by atoms with E-state index in [4.69, 9.17) is 10.8 Å². The Morgan fingerprint density at radius 3 is 3.00 bits per heavy atom. The number of hydrogen-bond donors (Lipinski definition) is 2. The van der Waals surface area contributed by atoms with Crippen molar-refractivity contribution in [2.75, 3.05) is 17.6 Å². The molecule has 0 saturated carbocycles. The number of nitrogens with zero attached hydrogens (tertiary/aromatic N) is 2. The highest BCUT2D eigenvalue weighted by molar-refractivity contribution is 5.50. The van der Waals surface area contributed by atoms with Crippen LogP contribution in [-0.2, 0) is 6.42 Å². The molecule has 1 unspecified atom stereocenters. The van der Waals surface area contributed by atoms with Gasteiger partial charge in [0, 0.05) is 18.3 Å². The molecule has 1 aromatic carbocycles. The van der Waals surface area contributed by atoms with Crippen LogP contribution in [0.25, 0.3) is 0 Å². The number of rotatable bonds is 4. The summed E-state index contributed by atoms with van der Waals surface area (Å²) in [4.78, 5) is 0. The minimum atomic E-state index is 0.291. The van der Waals surface area contributed by atoms with Gasteiger partial charge in [0.25, 0.3) is 0 Å². The molecule has 3 rings (SSSR count). The molecule has 1 aliphatic rings. The zero-order chi connectivity index (χ0) is 14.8. The molecule has 2 heterocycles. The Morgan fingerprint density at radius 1 is 1.38 bits per heavy atom. The van der Waals surface area contributed by atoms with Crippen molar-refractivity contribution in [1.29, 1.82) is 0 Å². The first-order chi connectivity index (χ1) is 10.2. The maximum atomic E-state index is 6.07. The highest BCUT2D eigenvalue weighted by Crippen LogP contribution is 2.31. The summed E-state index contributed by atoms with van der Waals surface area (Å²) in [6.07, 6.45) is 4.50. The van der Waals surface area contributed by atoms with Crippen LogP contribution in [0.5, 0.6) is 0 Å². The van der Waals surface area contributed by atoms with Crippen molar-refractivity contribution in [2.24, 2.45) is 0 Å².